The van der Waals surface area contributed by atoms with Crippen LogP contribution >= 0.6 is 11.3 Å². The quantitative estimate of drug-likeness (QED) is 0.437. The zero-order valence-corrected chi connectivity index (χ0v) is 16.7. The Kier molecular flexibility index (Phi) is 4.35. The van der Waals surface area contributed by atoms with Gasteiger partial charge < -0.3 is 10.3 Å². The van der Waals surface area contributed by atoms with Crippen molar-refractivity contribution in [3.63, 3.8) is 0 Å². The molecule has 0 fully saturated rings. The summed E-state index contributed by atoms with van der Waals surface area (Å²) in [5, 5.41) is 12.8. The van der Waals surface area contributed by atoms with E-state index in [-0.39, 0.29) is 0 Å². The summed E-state index contributed by atoms with van der Waals surface area (Å²) in [4.78, 5) is 13.3. The van der Waals surface area contributed by atoms with Gasteiger partial charge in [0.1, 0.15) is 0 Å². The van der Waals surface area contributed by atoms with Crippen molar-refractivity contribution < 1.29 is 4.79 Å². The molecule has 0 spiro atoms. The maximum Gasteiger partial charge on any atom is 0.249 e. The molecule has 30 heavy (non-hydrogen) atoms. The van der Waals surface area contributed by atoms with Gasteiger partial charge in [-0.25, -0.2) is 0 Å². The van der Waals surface area contributed by atoms with Gasteiger partial charge in [-0.2, -0.15) is 5.26 Å². The zero-order chi connectivity index (χ0) is 20.7. The minimum absolute atomic E-state index is 0.450. The smallest absolute Gasteiger partial charge is 0.249 e. The van der Waals surface area contributed by atoms with Crippen molar-refractivity contribution in [1.29, 1.82) is 5.26 Å². The molecule has 0 saturated carbocycles. The maximum absolute atomic E-state index is 12.1. The fourth-order valence-electron chi connectivity index (χ4n) is 3.88. The van der Waals surface area contributed by atoms with Crippen LogP contribution in [0, 0.1) is 17.4 Å². The van der Waals surface area contributed by atoms with Crippen LogP contribution in [0.15, 0.2) is 72.1 Å². The molecule has 2 aromatic heterocycles. The monoisotopic (exact) mass is 406 g/mol. The molecular weight excluding hydrogens is 390 g/mol. The molecule has 5 heteroatoms. The van der Waals surface area contributed by atoms with Crippen molar-refractivity contribution in [2.75, 3.05) is 0 Å². The standard InChI is InChI=1S/C25H16N3OS/c26-14-16-6-8-17(9-7-16)15-28-21-4-1-3-20(25(27)29)24(21)19-11-10-18(13-22(19)28)23-5-2-12-30-23/h1-10,12-13H,15H2,(H2,27,29). The molecular formula is C25H16N3OS. The molecule has 143 valence electrons. The Balaban J connectivity index is 1.78. The molecule has 2 heterocycles. The van der Waals surface area contributed by atoms with E-state index in [4.69, 9.17) is 11.0 Å². The van der Waals surface area contributed by atoms with Crippen molar-refractivity contribution >= 4 is 39.0 Å². The average Bonchev–Trinajstić information content (AvgIpc) is 3.41. The maximum atomic E-state index is 12.1. The predicted molar refractivity (Wildman–Crippen MR) is 120 cm³/mol. The number of primary amides is 1. The average molecular weight is 406 g/mol. The number of amides is 1. The number of hydrogen-bond acceptors (Lipinski definition) is 3. The highest BCUT2D eigenvalue weighted by Crippen LogP contribution is 2.35. The molecule has 4 nitrogen and oxygen atoms in total. The Morgan fingerprint density at radius 3 is 2.63 bits per heavy atom. The molecule has 0 bridgehead atoms. The number of aromatic nitrogens is 1. The van der Waals surface area contributed by atoms with E-state index in [1.54, 1.807) is 17.4 Å². The SMILES string of the molecule is N#Cc1ccc(Cn2c3cc(-c4cccs4)c[c]c3c3c(C(N)=O)cccc32)cc1. The lowest BCUT2D eigenvalue weighted by molar-refractivity contribution is 0.100. The van der Waals surface area contributed by atoms with Crippen LogP contribution in [0.5, 0.6) is 0 Å². The van der Waals surface area contributed by atoms with E-state index in [2.05, 4.69) is 34.2 Å². The zero-order valence-electron chi connectivity index (χ0n) is 15.9. The molecule has 1 amide bonds. The Morgan fingerprint density at radius 1 is 1.10 bits per heavy atom. The van der Waals surface area contributed by atoms with Crippen LogP contribution in [0.4, 0.5) is 0 Å². The number of thiophene rings is 1. The summed E-state index contributed by atoms with van der Waals surface area (Å²) >= 11 is 1.68. The Bertz CT molecular complexity index is 1440. The molecule has 0 aliphatic carbocycles. The molecule has 2 N–H and O–H groups in total. The van der Waals surface area contributed by atoms with Crippen LogP contribution in [-0.2, 0) is 6.54 Å². The minimum Gasteiger partial charge on any atom is -0.366 e. The third-order valence-electron chi connectivity index (χ3n) is 5.29. The van der Waals surface area contributed by atoms with Crippen LogP contribution in [0.3, 0.4) is 0 Å². The number of benzene rings is 3. The molecule has 0 aliphatic rings. The Labute approximate surface area is 177 Å². The minimum atomic E-state index is -0.450. The summed E-state index contributed by atoms with van der Waals surface area (Å²) in [6.07, 6.45) is 0. The van der Waals surface area contributed by atoms with Gasteiger partial charge in [0, 0.05) is 27.8 Å². The van der Waals surface area contributed by atoms with Gasteiger partial charge in [0.15, 0.2) is 0 Å². The summed E-state index contributed by atoms with van der Waals surface area (Å²) in [5.41, 5.74) is 10.9. The lowest BCUT2D eigenvalue weighted by atomic mass is 10.0. The van der Waals surface area contributed by atoms with E-state index in [1.165, 1.54) is 4.88 Å². The van der Waals surface area contributed by atoms with Crippen molar-refractivity contribution in [3.8, 4) is 16.5 Å². The number of carbonyl (C=O) groups excluding carboxylic acids is 1. The second-order valence-corrected chi connectivity index (χ2v) is 8.03. The molecule has 0 unspecified atom stereocenters. The number of carbonyl (C=O) groups is 1. The van der Waals surface area contributed by atoms with E-state index in [9.17, 15) is 4.79 Å². The molecule has 0 atom stereocenters. The van der Waals surface area contributed by atoms with E-state index in [0.717, 1.165) is 32.9 Å². The Hall–Kier alpha value is -3.88. The summed E-state index contributed by atoms with van der Waals surface area (Å²) in [6, 6.07) is 27.0. The summed E-state index contributed by atoms with van der Waals surface area (Å²) in [7, 11) is 0. The van der Waals surface area contributed by atoms with Gasteiger partial charge >= 0.3 is 0 Å². The van der Waals surface area contributed by atoms with Crippen LogP contribution in [-0.4, -0.2) is 10.5 Å². The highest BCUT2D eigenvalue weighted by Gasteiger charge is 2.17. The van der Waals surface area contributed by atoms with E-state index < -0.39 is 5.91 Å². The fraction of sp³-hybridized carbons (Fsp3) is 0.0400. The fourth-order valence-corrected chi connectivity index (χ4v) is 4.60. The molecule has 5 aromatic rings. The lowest BCUT2D eigenvalue weighted by Crippen LogP contribution is -2.11. The van der Waals surface area contributed by atoms with Gasteiger partial charge in [0.05, 0.1) is 22.7 Å². The number of nitriles is 1. The highest BCUT2D eigenvalue weighted by atomic mass is 32.1. The third kappa shape index (κ3) is 2.95. The molecule has 1 radical (unpaired) electrons. The van der Waals surface area contributed by atoms with Gasteiger partial charge in [0.2, 0.25) is 5.91 Å². The first kappa shape index (κ1) is 18.2. The number of nitrogens with two attached hydrogens (primary N) is 1. The van der Waals surface area contributed by atoms with E-state index >= 15 is 0 Å². The molecule has 3 aromatic carbocycles. The van der Waals surface area contributed by atoms with Crippen LogP contribution in [0.25, 0.3) is 32.2 Å². The van der Waals surface area contributed by atoms with Gasteiger partial charge in [-0.3, -0.25) is 4.79 Å². The number of rotatable bonds is 4. The molecule has 0 saturated heterocycles. The van der Waals surface area contributed by atoms with Gasteiger partial charge in [-0.05, 0) is 65.0 Å². The molecule has 0 aliphatic heterocycles. The second kappa shape index (κ2) is 7.18. The summed E-state index contributed by atoms with van der Waals surface area (Å²) in [6.45, 7) is 0.607. The largest absolute Gasteiger partial charge is 0.366 e. The van der Waals surface area contributed by atoms with Gasteiger partial charge in [0.25, 0.3) is 0 Å². The van der Waals surface area contributed by atoms with Crippen molar-refractivity contribution in [3.05, 3.63) is 94.9 Å². The van der Waals surface area contributed by atoms with Gasteiger partial charge in [-0.1, -0.05) is 24.3 Å². The first-order chi connectivity index (χ1) is 14.7. The number of hydrogen-bond donors (Lipinski definition) is 1. The number of nitrogens with zero attached hydrogens (tertiary/aromatic N) is 2. The summed E-state index contributed by atoms with van der Waals surface area (Å²) in [5.74, 6) is -0.450. The lowest BCUT2D eigenvalue weighted by Gasteiger charge is -2.09. The van der Waals surface area contributed by atoms with Crippen LogP contribution < -0.4 is 5.73 Å². The Morgan fingerprint density at radius 2 is 1.93 bits per heavy atom. The topological polar surface area (TPSA) is 71.8 Å². The number of fused-ring (bicyclic) bond motifs is 3. The highest BCUT2D eigenvalue weighted by molar-refractivity contribution is 7.13. The van der Waals surface area contributed by atoms with Crippen LogP contribution in [0.2, 0.25) is 0 Å². The van der Waals surface area contributed by atoms with Crippen LogP contribution in [0.1, 0.15) is 21.5 Å². The predicted octanol–water partition coefficient (Wildman–Crippen LogP) is 5.34. The van der Waals surface area contributed by atoms with Gasteiger partial charge in [-0.15, -0.1) is 11.3 Å². The normalized spacial score (nSPS) is 11.0. The summed E-state index contributed by atoms with van der Waals surface area (Å²) < 4.78 is 2.19. The molecule has 5 rings (SSSR count). The second-order valence-electron chi connectivity index (χ2n) is 7.08. The first-order valence-electron chi connectivity index (χ1n) is 9.45. The third-order valence-corrected chi connectivity index (χ3v) is 6.21. The first-order valence-corrected chi connectivity index (χ1v) is 10.3. The van der Waals surface area contributed by atoms with Crippen molar-refractivity contribution in [2.24, 2.45) is 5.73 Å². The van der Waals surface area contributed by atoms with E-state index in [0.29, 0.717) is 17.7 Å². The van der Waals surface area contributed by atoms with E-state index in [1.807, 2.05) is 48.5 Å². The van der Waals surface area contributed by atoms with Crippen molar-refractivity contribution in [1.82, 2.24) is 4.57 Å². The van der Waals surface area contributed by atoms with Crippen molar-refractivity contribution in [2.45, 2.75) is 6.54 Å².